The van der Waals surface area contributed by atoms with Gasteiger partial charge in [-0.05, 0) is 65.3 Å². The molecule has 0 spiro atoms. The first-order valence-corrected chi connectivity index (χ1v) is 15.5. The minimum atomic E-state index is -0.350. The molecule has 0 bridgehead atoms. The largest absolute Gasteiger partial charge is 0.507 e. The van der Waals surface area contributed by atoms with Crippen molar-refractivity contribution in [3.05, 3.63) is 81.1 Å². The Morgan fingerprint density at radius 3 is 2.66 bits per heavy atom. The van der Waals surface area contributed by atoms with E-state index in [1.807, 2.05) is 41.8 Å². The standard InChI is InChI=1S/C34H37NO5S/c1-3-7-21(16-22-12-13-29(36)26-10-5-4-9-25(22)26)11-14-30-31-23(19-39-2)17-27-32(28(31)20-40-30)34(38)35(33(27)37)18-24-8-6-15-41-24/h4-6,8-10,12-13,15-16,27-28,30,32,36H,3,7,11,14,17-20H2,1-2H3/b21-16+/t27-,28+,30-,32-/m1/s1. The first-order chi connectivity index (χ1) is 20.0. The number of allylic oxidation sites excluding steroid dienone is 1. The molecule has 2 fully saturated rings. The molecule has 3 aromatic rings. The van der Waals surface area contributed by atoms with Crippen LogP contribution in [0, 0.1) is 17.8 Å². The lowest BCUT2D eigenvalue weighted by Gasteiger charge is -2.31. The predicted molar refractivity (Wildman–Crippen MR) is 161 cm³/mol. The molecule has 2 aromatic carbocycles. The molecule has 6 nitrogen and oxygen atoms in total. The monoisotopic (exact) mass is 571 g/mol. The molecule has 2 aliphatic heterocycles. The van der Waals surface area contributed by atoms with Gasteiger partial charge in [-0.2, -0.15) is 0 Å². The molecule has 41 heavy (non-hydrogen) atoms. The summed E-state index contributed by atoms with van der Waals surface area (Å²) in [4.78, 5) is 29.6. The lowest BCUT2D eigenvalue weighted by Crippen LogP contribution is -2.35. The molecule has 3 heterocycles. The smallest absolute Gasteiger partial charge is 0.234 e. The van der Waals surface area contributed by atoms with Crippen LogP contribution in [0.1, 0.15) is 49.5 Å². The van der Waals surface area contributed by atoms with E-state index >= 15 is 0 Å². The average molecular weight is 572 g/mol. The second kappa shape index (κ2) is 11.9. The number of carbonyl (C=O) groups is 2. The van der Waals surface area contributed by atoms with Gasteiger partial charge in [-0.3, -0.25) is 14.5 Å². The third-order valence-electron chi connectivity index (χ3n) is 8.91. The van der Waals surface area contributed by atoms with Gasteiger partial charge in [-0.1, -0.05) is 61.4 Å². The summed E-state index contributed by atoms with van der Waals surface area (Å²) < 4.78 is 12.0. The van der Waals surface area contributed by atoms with Crippen molar-refractivity contribution in [2.45, 2.75) is 51.7 Å². The van der Waals surface area contributed by atoms with Gasteiger partial charge in [0.1, 0.15) is 5.75 Å². The zero-order valence-corrected chi connectivity index (χ0v) is 24.5. The van der Waals surface area contributed by atoms with Crippen molar-refractivity contribution >= 4 is 40.0 Å². The van der Waals surface area contributed by atoms with Crippen molar-refractivity contribution in [1.82, 2.24) is 4.90 Å². The van der Waals surface area contributed by atoms with Crippen molar-refractivity contribution in [2.75, 3.05) is 20.3 Å². The quantitative estimate of drug-likeness (QED) is 0.216. The fourth-order valence-electron chi connectivity index (χ4n) is 7.12. The van der Waals surface area contributed by atoms with E-state index in [2.05, 4.69) is 19.1 Å². The Bertz CT molecular complexity index is 1510. The van der Waals surface area contributed by atoms with E-state index < -0.39 is 0 Å². The second-order valence-corrected chi connectivity index (χ2v) is 12.4. The van der Waals surface area contributed by atoms with E-state index in [0.717, 1.165) is 52.5 Å². The zero-order chi connectivity index (χ0) is 28.5. The van der Waals surface area contributed by atoms with Crippen LogP contribution in [-0.2, 0) is 25.6 Å². The zero-order valence-electron chi connectivity index (χ0n) is 23.7. The number of benzene rings is 2. The number of fused-ring (bicyclic) bond motifs is 4. The van der Waals surface area contributed by atoms with Crippen LogP contribution in [0.3, 0.4) is 0 Å². The van der Waals surface area contributed by atoms with E-state index in [-0.39, 0.29) is 35.7 Å². The third-order valence-corrected chi connectivity index (χ3v) is 9.77. The van der Waals surface area contributed by atoms with Crippen LogP contribution in [0.4, 0.5) is 0 Å². The van der Waals surface area contributed by atoms with Gasteiger partial charge in [0.2, 0.25) is 11.8 Å². The number of phenols is 1. The number of phenolic OH excluding ortho intramolecular Hbond substituents is 1. The van der Waals surface area contributed by atoms with Crippen LogP contribution < -0.4 is 0 Å². The van der Waals surface area contributed by atoms with Crippen molar-refractivity contribution in [2.24, 2.45) is 17.8 Å². The lowest BCUT2D eigenvalue weighted by molar-refractivity contribution is -0.140. The second-order valence-electron chi connectivity index (χ2n) is 11.4. The number of likely N-dealkylation sites (tertiary alicyclic amines) is 1. The van der Waals surface area contributed by atoms with Crippen molar-refractivity contribution in [1.29, 1.82) is 0 Å². The Morgan fingerprint density at radius 1 is 1.07 bits per heavy atom. The van der Waals surface area contributed by atoms with Crippen LogP contribution in [0.5, 0.6) is 5.75 Å². The van der Waals surface area contributed by atoms with E-state index in [1.165, 1.54) is 16.0 Å². The number of rotatable bonds is 10. The highest BCUT2D eigenvalue weighted by Crippen LogP contribution is 2.50. The number of nitrogens with zero attached hydrogens (tertiary/aromatic N) is 1. The Kier molecular flexibility index (Phi) is 8.11. The molecule has 4 atom stereocenters. The minimum Gasteiger partial charge on any atom is -0.507 e. The predicted octanol–water partition coefficient (Wildman–Crippen LogP) is 6.73. The maximum absolute atomic E-state index is 13.6. The van der Waals surface area contributed by atoms with Gasteiger partial charge < -0.3 is 14.6 Å². The topological polar surface area (TPSA) is 76.1 Å². The highest BCUT2D eigenvalue weighted by molar-refractivity contribution is 7.09. The summed E-state index contributed by atoms with van der Waals surface area (Å²) in [6.45, 7) is 3.47. The molecule has 6 rings (SSSR count). The number of thiophene rings is 1. The molecule has 214 valence electrons. The Balaban J connectivity index is 1.24. The number of amides is 2. The Labute approximate surface area is 245 Å². The number of carbonyl (C=O) groups excluding carboxylic acids is 2. The highest BCUT2D eigenvalue weighted by atomic mass is 32.1. The minimum absolute atomic E-state index is 0.0533. The molecule has 3 aliphatic rings. The van der Waals surface area contributed by atoms with Crippen molar-refractivity contribution < 1.29 is 24.2 Å². The molecule has 1 aromatic heterocycles. The summed E-state index contributed by atoms with van der Waals surface area (Å²) in [7, 11) is 1.69. The summed E-state index contributed by atoms with van der Waals surface area (Å²) in [5, 5.41) is 14.2. The molecule has 2 saturated heterocycles. The summed E-state index contributed by atoms with van der Waals surface area (Å²) >= 11 is 1.57. The molecule has 1 aliphatic carbocycles. The average Bonchev–Trinajstić information content (AvgIpc) is 3.70. The number of ether oxygens (including phenoxy) is 2. The summed E-state index contributed by atoms with van der Waals surface area (Å²) in [6.07, 6.45) is 6.44. The van der Waals surface area contributed by atoms with Gasteiger partial charge in [0.05, 0.1) is 37.7 Å². The van der Waals surface area contributed by atoms with Crippen molar-refractivity contribution in [3.8, 4) is 5.75 Å². The van der Waals surface area contributed by atoms with Gasteiger partial charge in [0.15, 0.2) is 0 Å². The number of aromatic hydroxyl groups is 1. The molecular formula is C34H37NO5S. The van der Waals surface area contributed by atoms with Gasteiger partial charge in [0.25, 0.3) is 0 Å². The highest BCUT2D eigenvalue weighted by Gasteiger charge is 2.56. The van der Waals surface area contributed by atoms with E-state index in [9.17, 15) is 14.7 Å². The third kappa shape index (κ3) is 5.27. The summed E-state index contributed by atoms with van der Waals surface area (Å²) in [5.74, 6) is -0.573. The maximum Gasteiger partial charge on any atom is 0.234 e. The number of hydrogen-bond donors (Lipinski definition) is 1. The number of methoxy groups -OCH3 is 1. The summed E-state index contributed by atoms with van der Waals surface area (Å²) in [5.41, 5.74) is 4.77. The number of hydrogen-bond acceptors (Lipinski definition) is 6. The van der Waals surface area contributed by atoms with Gasteiger partial charge in [-0.25, -0.2) is 0 Å². The van der Waals surface area contributed by atoms with Crippen LogP contribution in [-0.4, -0.2) is 48.2 Å². The Morgan fingerprint density at radius 2 is 1.90 bits per heavy atom. The van der Waals surface area contributed by atoms with E-state index in [4.69, 9.17) is 9.47 Å². The maximum atomic E-state index is 13.6. The van der Waals surface area contributed by atoms with Crippen LogP contribution in [0.2, 0.25) is 0 Å². The normalized spacial score (nSPS) is 24.4. The van der Waals surface area contributed by atoms with Gasteiger partial charge in [0, 0.05) is 23.3 Å². The van der Waals surface area contributed by atoms with Crippen LogP contribution in [0.15, 0.2) is 70.6 Å². The fourth-order valence-corrected chi connectivity index (χ4v) is 7.81. The molecule has 2 amide bonds. The molecule has 0 radical (unpaired) electrons. The SMILES string of the molecule is CCC/C(=C\c1ccc(O)c2ccccc12)CC[C@H]1OC[C@H]2C1=C(COC)C[C@H]1C(=O)N(Cc3cccs3)C(=O)[C@H]12. The van der Waals surface area contributed by atoms with Crippen LogP contribution >= 0.6 is 11.3 Å². The first-order valence-electron chi connectivity index (χ1n) is 14.6. The summed E-state index contributed by atoms with van der Waals surface area (Å²) in [6, 6.07) is 15.6. The number of imide groups is 1. The molecule has 0 unspecified atom stereocenters. The molecule has 7 heteroatoms. The lowest BCUT2D eigenvalue weighted by atomic mass is 9.69. The van der Waals surface area contributed by atoms with Gasteiger partial charge in [-0.15, -0.1) is 11.3 Å². The van der Waals surface area contributed by atoms with E-state index in [1.54, 1.807) is 24.5 Å². The Hall–Kier alpha value is -3.26. The van der Waals surface area contributed by atoms with Crippen LogP contribution in [0.25, 0.3) is 16.8 Å². The van der Waals surface area contributed by atoms with E-state index in [0.29, 0.717) is 31.9 Å². The fraction of sp³-hybridized carbons (Fsp3) is 0.412. The molecule has 0 saturated carbocycles. The van der Waals surface area contributed by atoms with Gasteiger partial charge >= 0.3 is 0 Å². The molecular weight excluding hydrogens is 534 g/mol. The molecule has 1 N–H and O–H groups in total. The van der Waals surface area contributed by atoms with Crippen molar-refractivity contribution in [3.63, 3.8) is 0 Å². The first kappa shape index (κ1) is 27.9.